The van der Waals surface area contributed by atoms with E-state index in [4.69, 9.17) is 14.2 Å². The molecule has 5 aliphatic rings. The summed E-state index contributed by atoms with van der Waals surface area (Å²) >= 11 is 0. The van der Waals surface area contributed by atoms with Crippen molar-refractivity contribution in [3.8, 4) is 0 Å². The lowest BCUT2D eigenvalue weighted by molar-refractivity contribution is -0.153. The largest absolute Gasteiger partial charge is 0.380 e. The van der Waals surface area contributed by atoms with Gasteiger partial charge in [-0.3, -0.25) is 0 Å². The van der Waals surface area contributed by atoms with Crippen molar-refractivity contribution in [2.75, 3.05) is 13.2 Å². The first kappa shape index (κ1) is 12.0. The van der Waals surface area contributed by atoms with Gasteiger partial charge >= 0.3 is 0 Å². The van der Waals surface area contributed by atoms with Crippen LogP contribution in [-0.4, -0.2) is 30.7 Å². The van der Waals surface area contributed by atoms with E-state index in [-0.39, 0.29) is 17.1 Å². The molecule has 0 unspecified atom stereocenters. The number of fused-ring (bicyclic) bond motifs is 1. The normalized spacial score (nSPS) is 54.2. The minimum atomic E-state index is -0.468. The Kier molecular flexibility index (Phi) is 1.84. The Hall–Kier alpha value is -0.640. The van der Waals surface area contributed by atoms with Crippen molar-refractivity contribution in [1.82, 2.24) is 0 Å². The molecule has 0 amide bonds. The number of hydrogen-bond donors (Lipinski definition) is 0. The van der Waals surface area contributed by atoms with E-state index >= 15 is 0 Å². The van der Waals surface area contributed by atoms with Gasteiger partial charge in [-0.1, -0.05) is 19.1 Å². The molecule has 3 nitrogen and oxygen atoms in total. The van der Waals surface area contributed by atoms with Crippen molar-refractivity contribution in [3.05, 3.63) is 23.3 Å². The predicted molar refractivity (Wildman–Crippen MR) is 74.1 cm³/mol. The van der Waals surface area contributed by atoms with Gasteiger partial charge in [0, 0.05) is 10.8 Å². The summed E-state index contributed by atoms with van der Waals surface area (Å²) in [7, 11) is 0. The quantitative estimate of drug-likeness (QED) is 0.736. The van der Waals surface area contributed by atoms with E-state index in [0.717, 1.165) is 26.1 Å². The van der Waals surface area contributed by atoms with Crippen LogP contribution >= 0.6 is 0 Å². The first-order valence-electron chi connectivity index (χ1n) is 7.80. The summed E-state index contributed by atoms with van der Waals surface area (Å²) in [4.78, 5) is 0. The number of hydrogen-bond acceptors (Lipinski definition) is 3. The molecule has 0 radical (unpaired) electrons. The maximum absolute atomic E-state index is 6.35. The van der Waals surface area contributed by atoms with Crippen molar-refractivity contribution < 1.29 is 14.2 Å². The Morgan fingerprint density at radius 3 is 2.75 bits per heavy atom. The number of rotatable bonds is 1. The maximum atomic E-state index is 6.35. The van der Waals surface area contributed by atoms with Gasteiger partial charge in [0.2, 0.25) is 0 Å². The Bertz CT molecular complexity index is 571. The summed E-state index contributed by atoms with van der Waals surface area (Å²) in [5.41, 5.74) is 3.33. The highest BCUT2D eigenvalue weighted by Crippen LogP contribution is 2.77. The van der Waals surface area contributed by atoms with Gasteiger partial charge in [0.15, 0.2) is 5.79 Å². The molecule has 2 saturated heterocycles. The van der Waals surface area contributed by atoms with E-state index in [2.05, 4.69) is 19.1 Å². The predicted octanol–water partition coefficient (Wildman–Crippen LogP) is 2.96. The van der Waals surface area contributed by atoms with Gasteiger partial charge in [-0.25, -0.2) is 0 Å². The molecule has 0 aromatic rings. The van der Waals surface area contributed by atoms with Gasteiger partial charge in [-0.15, -0.1) is 0 Å². The maximum Gasteiger partial charge on any atom is 0.165 e. The molecule has 0 N–H and O–H groups in total. The highest BCUT2D eigenvalue weighted by Gasteiger charge is 2.77. The van der Waals surface area contributed by atoms with Gasteiger partial charge < -0.3 is 14.2 Å². The van der Waals surface area contributed by atoms with Crippen molar-refractivity contribution in [1.29, 1.82) is 0 Å². The van der Waals surface area contributed by atoms with E-state index in [1.165, 1.54) is 17.6 Å². The SMILES string of the molecule is CC1(C)O[C@H]2C([C@]34COC[C@@]3(C)C4)=C3C=CCC[C@@]32O1. The highest BCUT2D eigenvalue weighted by atomic mass is 16.8. The van der Waals surface area contributed by atoms with Crippen molar-refractivity contribution in [3.63, 3.8) is 0 Å². The Balaban J connectivity index is 1.65. The molecule has 2 aliphatic heterocycles. The third-order valence-corrected chi connectivity index (χ3v) is 6.24. The smallest absolute Gasteiger partial charge is 0.165 e. The Labute approximate surface area is 120 Å². The molecule has 3 fully saturated rings. The minimum absolute atomic E-state index is 0.154. The van der Waals surface area contributed by atoms with Crippen LogP contribution in [0.2, 0.25) is 0 Å². The van der Waals surface area contributed by atoms with Crippen LogP contribution in [0.25, 0.3) is 0 Å². The van der Waals surface area contributed by atoms with Crippen LogP contribution < -0.4 is 0 Å². The van der Waals surface area contributed by atoms with E-state index in [1.54, 1.807) is 0 Å². The van der Waals surface area contributed by atoms with Crippen LogP contribution in [0.5, 0.6) is 0 Å². The van der Waals surface area contributed by atoms with Gasteiger partial charge in [0.1, 0.15) is 11.7 Å². The second-order valence-electron chi connectivity index (χ2n) is 7.97. The third-order valence-electron chi connectivity index (χ3n) is 6.24. The summed E-state index contributed by atoms with van der Waals surface area (Å²) in [6.45, 7) is 8.22. The van der Waals surface area contributed by atoms with E-state index in [9.17, 15) is 0 Å². The fourth-order valence-corrected chi connectivity index (χ4v) is 5.22. The molecule has 3 heteroatoms. The molecule has 1 saturated carbocycles. The first-order valence-corrected chi connectivity index (χ1v) is 7.80. The van der Waals surface area contributed by atoms with Gasteiger partial charge in [0.25, 0.3) is 0 Å². The van der Waals surface area contributed by atoms with Crippen molar-refractivity contribution in [2.24, 2.45) is 10.8 Å². The third kappa shape index (κ3) is 1.09. The average Bonchev–Trinajstić information content (AvgIpc) is 2.72. The van der Waals surface area contributed by atoms with Crippen LogP contribution in [-0.2, 0) is 14.2 Å². The van der Waals surface area contributed by atoms with E-state index in [1.807, 2.05) is 13.8 Å². The minimum Gasteiger partial charge on any atom is -0.380 e. The van der Waals surface area contributed by atoms with Crippen molar-refractivity contribution >= 4 is 0 Å². The summed E-state index contributed by atoms with van der Waals surface area (Å²) in [5.74, 6) is -0.468. The molecule has 20 heavy (non-hydrogen) atoms. The molecule has 0 bridgehead atoms. The molecule has 1 spiro atoms. The number of allylic oxidation sites excluding steroid dienone is 1. The molecule has 2 heterocycles. The molecular weight excluding hydrogens is 252 g/mol. The van der Waals surface area contributed by atoms with Crippen LogP contribution in [0.3, 0.4) is 0 Å². The molecule has 4 atom stereocenters. The lowest BCUT2D eigenvalue weighted by Gasteiger charge is -2.49. The number of ether oxygens (including phenoxy) is 3. The topological polar surface area (TPSA) is 27.7 Å². The molecular formula is C17H22O3. The highest BCUT2D eigenvalue weighted by molar-refractivity contribution is 5.59. The van der Waals surface area contributed by atoms with Crippen LogP contribution in [0.1, 0.15) is 40.0 Å². The average molecular weight is 274 g/mol. The standard InChI is InChI=1S/C17H22O3/c1-14(2)19-13-12(16-8-15(16,3)9-18-10-16)11-6-4-5-7-17(11,13)20-14/h4,6,13H,5,7-10H2,1-3H3/t13-,15+,16-,17+/m0/s1. The summed E-state index contributed by atoms with van der Waals surface area (Å²) < 4.78 is 18.4. The second-order valence-corrected chi connectivity index (χ2v) is 7.97. The fraction of sp³-hybridized carbons (Fsp3) is 0.765. The Morgan fingerprint density at radius 1 is 1.20 bits per heavy atom. The molecule has 0 aromatic heterocycles. The summed E-state index contributed by atoms with van der Waals surface area (Å²) in [6.07, 6.45) is 8.14. The monoisotopic (exact) mass is 274 g/mol. The lowest BCUT2D eigenvalue weighted by atomic mass is 9.60. The zero-order chi connectivity index (χ0) is 13.8. The van der Waals surface area contributed by atoms with Crippen LogP contribution in [0.4, 0.5) is 0 Å². The van der Waals surface area contributed by atoms with Gasteiger partial charge in [0.05, 0.1) is 13.2 Å². The Morgan fingerprint density at radius 2 is 2.05 bits per heavy atom. The van der Waals surface area contributed by atoms with Gasteiger partial charge in [-0.2, -0.15) is 0 Å². The lowest BCUT2D eigenvalue weighted by Crippen LogP contribution is -2.55. The van der Waals surface area contributed by atoms with Crippen LogP contribution in [0.15, 0.2) is 23.3 Å². The molecule has 5 rings (SSSR count). The second kappa shape index (κ2) is 3.08. The summed E-state index contributed by atoms with van der Waals surface area (Å²) in [5, 5.41) is 0. The van der Waals surface area contributed by atoms with E-state index < -0.39 is 5.79 Å². The molecule has 3 aliphatic carbocycles. The fourth-order valence-electron chi connectivity index (χ4n) is 5.22. The zero-order valence-corrected chi connectivity index (χ0v) is 12.5. The van der Waals surface area contributed by atoms with Gasteiger partial charge in [-0.05, 0) is 44.3 Å². The summed E-state index contributed by atoms with van der Waals surface area (Å²) in [6, 6.07) is 0. The zero-order valence-electron chi connectivity index (χ0n) is 12.5. The molecule has 108 valence electrons. The first-order chi connectivity index (χ1) is 9.43. The van der Waals surface area contributed by atoms with Crippen LogP contribution in [0, 0.1) is 10.8 Å². The van der Waals surface area contributed by atoms with Crippen molar-refractivity contribution in [2.45, 2.75) is 57.5 Å². The van der Waals surface area contributed by atoms with E-state index in [0.29, 0.717) is 5.41 Å². The molecule has 0 aromatic carbocycles.